The van der Waals surface area contributed by atoms with E-state index in [1.54, 1.807) is 15.6 Å². The molecule has 2 aliphatic heterocycles. The Morgan fingerprint density at radius 1 is 1.42 bits per heavy atom. The highest BCUT2D eigenvalue weighted by atomic mass is 32.2. The summed E-state index contributed by atoms with van der Waals surface area (Å²) in [5, 5.41) is 3.10. The van der Waals surface area contributed by atoms with Crippen molar-refractivity contribution in [1.29, 1.82) is 0 Å². The van der Waals surface area contributed by atoms with Gasteiger partial charge in [-0.05, 0) is 19.3 Å². The SMILES string of the molecule is CS(=O)(=O)N1CCCC12CCN(Cc1nccs1)C2. The average Bonchev–Trinajstić information content (AvgIpc) is 3.01. The lowest BCUT2D eigenvalue weighted by Gasteiger charge is -2.33. The first-order valence-corrected chi connectivity index (χ1v) is 9.31. The number of nitrogens with zero attached hydrogens (tertiary/aromatic N) is 3. The second kappa shape index (κ2) is 4.80. The van der Waals surface area contributed by atoms with Crippen LogP contribution in [0, 0.1) is 0 Å². The van der Waals surface area contributed by atoms with Gasteiger partial charge in [0.05, 0.1) is 12.8 Å². The molecule has 0 N–H and O–H groups in total. The van der Waals surface area contributed by atoms with Crippen LogP contribution in [-0.4, -0.2) is 54.0 Å². The summed E-state index contributed by atoms with van der Waals surface area (Å²) in [6, 6.07) is 0. The molecule has 7 heteroatoms. The largest absolute Gasteiger partial charge is 0.295 e. The maximum atomic E-state index is 11.9. The molecule has 106 valence electrons. The van der Waals surface area contributed by atoms with E-state index in [2.05, 4.69) is 9.88 Å². The van der Waals surface area contributed by atoms with Gasteiger partial charge in [-0.15, -0.1) is 11.3 Å². The Balaban J connectivity index is 1.73. The minimum absolute atomic E-state index is 0.148. The highest BCUT2D eigenvalue weighted by molar-refractivity contribution is 7.88. The topological polar surface area (TPSA) is 53.5 Å². The van der Waals surface area contributed by atoms with Gasteiger partial charge in [-0.25, -0.2) is 13.4 Å². The van der Waals surface area contributed by atoms with Crippen LogP contribution in [0.15, 0.2) is 11.6 Å². The van der Waals surface area contributed by atoms with Crippen molar-refractivity contribution in [2.45, 2.75) is 31.3 Å². The molecule has 0 radical (unpaired) electrons. The Morgan fingerprint density at radius 2 is 2.26 bits per heavy atom. The predicted molar refractivity (Wildman–Crippen MR) is 75.5 cm³/mol. The Labute approximate surface area is 118 Å². The zero-order chi connectivity index (χ0) is 13.5. The fourth-order valence-corrected chi connectivity index (χ4v) is 5.50. The molecule has 3 heterocycles. The number of hydrogen-bond acceptors (Lipinski definition) is 5. The minimum Gasteiger partial charge on any atom is -0.295 e. The summed E-state index contributed by atoms with van der Waals surface area (Å²) in [6.07, 6.45) is 6.09. The number of likely N-dealkylation sites (tertiary alicyclic amines) is 1. The molecule has 0 bridgehead atoms. The molecule has 0 aliphatic carbocycles. The van der Waals surface area contributed by atoms with Gasteiger partial charge in [0.2, 0.25) is 10.0 Å². The van der Waals surface area contributed by atoms with Gasteiger partial charge in [-0.1, -0.05) is 0 Å². The van der Waals surface area contributed by atoms with Crippen molar-refractivity contribution in [1.82, 2.24) is 14.2 Å². The van der Waals surface area contributed by atoms with Crippen LogP contribution in [-0.2, 0) is 16.6 Å². The summed E-state index contributed by atoms with van der Waals surface area (Å²) >= 11 is 1.66. The molecule has 1 aromatic heterocycles. The second-order valence-electron chi connectivity index (χ2n) is 5.55. The van der Waals surface area contributed by atoms with Gasteiger partial charge in [-0.2, -0.15) is 4.31 Å². The number of hydrogen-bond donors (Lipinski definition) is 0. The lowest BCUT2D eigenvalue weighted by Crippen LogP contribution is -2.48. The van der Waals surface area contributed by atoms with E-state index < -0.39 is 10.0 Å². The first-order valence-electron chi connectivity index (χ1n) is 6.58. The Bertz CT molecular complexity index is 543. The van der Waals surface area contributed by atoms with Crippen LogP contribution in [0.1, 0.15) is 24.3 Å². The van der Waals surface area contributed by atoms with Gasteiger partial charge < -0.3 is 0 Å². The van der Waals surface area contributed by atoms with Crippen molar-refractivity contribution >= 4 is 21.4 Å². The van der Waals surface area contributed by atoms with Gasteiger partial charge >= 0.3 is 0 Å². The quantitative estimate of drug-likeness (QED) is 0.840. The molecule has 0 amide bonds. The molecule has 1 aromatic rings. The van der Waals surface area contributed by atoms with Crippen molar-refractivity contribution in [3.63, 3.8) is 0 Å². The van der Waals surface area contributed by atoms with Crippen molar-refractivity contribution in [2.75, 3.05) is 25.9 Å². The summed E-state index contributed by atoms with van der Waals surface area (Å²) in [5.74, 6) is 0. The Kier molecular flexibility index (Phi) is 3.41. The molecule has 2 fully saturated rings. The van der Waals surface area contributed by atoms with Crippen LogP contribution in [0.2, 0.25) is 0 Å². The van der Waals surface area contributed by atoms with Crippen molar-refractivity contribution in [3.8, 4) is 0 Å². The maximum absolute atomic E-state index is 11.9. The van der Waals surface area contributed by atoms with Gasteiger partial charge in [0.1, 0.15) is 5.01 Å². The molecule has 2 aliphatic rings. The van der Waals surface area contributed by atoms with E-state index in [4.69, 9.17) is 0 Å². The lowest BCUT2D eigenvalue weighted by atomic mass is 9.97. The molecule has 3 rings (SSSR count). The van der Waals surface area contributed by atoms with E-state index in [-0.39, 0.29) is 5.54 Å². The molecule has 2 saturated heterocycles. The highest BCUT2D eigenvalue weighted by Crippen LogP contribution is 2.39. The lowest BCUT2D eigenvalue weighted by molar-refractivity contribution is 0.225. The molecule has 5 nitrogen and oxygen atoms in total. The molecular weight excluding hydrogens is 282 g/mol. The van der Waals surface area contributed by atoms with Crippen LogP contribution in [0.5, 0.6) is 0 Å². The highest BCUT2D eigenvalue weighted by Gasteiger charge is 2.49. The standard InChI is InChI=1S/C12H19N3O2S2/c1-19(16,17)15-6-2-3-12(15)4-7-14(10-12)9-11-13-5-8-18-11/h5,8H,2-4,6-7,9-10H2,1H3. The van der Waals surface area contributed by atoms with E-state index in [1.807, 2.05) is 11.6 Å². The van der Waals surface area contributed by atoms with E-state index >= 15 is 0 Å². The van der Waals surface area contributed by atoms with E-state index in [1.165, 1.54) is 6.26 Å². The molecule has 1 atom stereocenters. The number of aromatic nitrogens is 1. The minimum atomic E-state index is -3.09. The number of sulfonamides is 1. The summed E-state index contributed by atoms with van der Waals surface area (Å²) in [5.41, 5.74) is -0.148. The maximum Gasteiger partial charge on any atom is 0.211 e. The van der Waals surface area contributed by atoms with E-state index in [0.29, 0.717) is 6.54 Å². The summed E-state index contributed by atoms with van der Waals surface area (Å²) in [6.45, 7) is 3.34. The van der Waals surface area contributed by atoms with E-state index in [9.17, 15) is 8.42 Å². The molecule has 0 aromatic carbocycles. The van der Waals surface area contributed by atoms with Crippen LogP contribution in [0.25, 0.3) is 0 Å². The van der Waals surface area contributed by atoms with Gasteiger partial charge in [0, 0.05) is 36.8 Å². The molecule has 1 unspecified atom stereocenters. The molecule has 19 heavy (non-hydrogen) atoms. The molecule has 1 spiro atoms. The van der Waals surface area contributed by atoms with Gasteiger partial charge in [-0.3, -0.25) is 4.90 Å². The molecule has 0 saturated carbocycles. The van der Waals surface area contributed by atoms with Crippen LogP contribution >= 0.6 is 11.3 Å². The van der Waals surface area contributed by atoms with Crippen molar-refractivity contribution in [3.05, 3.63) is 16.6 Å². The second-order valence-corrected chi connectivity index (χ2v) is 8.44. The van der Waals surface area contributed by atoms with Crippen LogP contribution < -0.4 is 0 Å². The smallest absolute Gasteiger partial charge is 0.211 e. The molecular formula is C12H19N3O2S2. The first kappa shape index (κ1) is 13.5. The van der Waals surface area contributed by atoms with Crippen LogP contribution in [0.4, 0.5) is 0 Å². The third-order valence-corrected chi connectivity index (χ3v) is 6.32. The number of thiazole rings is 1. The van der Waals surface area contributed by atoms with Gasteiger partial charge in [0.15, 0.2) is 0 Å². The zero-order valence-corrected chi connectivity index (χ0v) is 12.7. The zero-order valence-electron chi connectivity index (χ0n) is 11.1. The normalized spacial score (nSPS) is 29.5. The monoisotopic (exact) mass is 301 g/mol. The third-order valence-electron chi connectivity index (χ3n) is 4.19. The first-order chi connectivity index (χ1) is 9.00. The summed E-state index contributed by atoms with van der Waals surface area (Å²) in [4.78, 5) is 6.64. The Hall–Kier alpha value is -0.500. The van der Waals surface area contributed by atoms with E-state index in [0.717, 1.165) is 43.9 Å². The fourth-order valence-electron chi connectivity index (χ4n) is 3.44. The summed E-state index contributed by atoms with van der Waals surface area (Å²) in [7, 11) is -3.09. The predicted octanol–water partition coefficient (Wildman–Crippen LogP) is 1.14. The Morgan fingerprint density at radius 3 is 2.95 bits per heavy atom. The van der Waals surface area contributed by atoms with Crippen molar-refractivity contribution < 1.29 is 8.42 Å². The fraction of sp³-hybridized carbons (Fsp3) is 0.750. The average molecular weight is 301 g/mol. The third kappa shape index (κ3) is 2.56. The van der Waals surface area contributed by atoms with Gasteiger partial charge in [0.25, 0.3) is 0 Å². The van der Waals surface area contributed by atoms with Crippen LogP contribution in [0.3, 0.4) is 0 Å². The van der Waals surface area contributed by atoms with Crippen molar-refractivity contribution in [2.24, 2.45) is 0 Å². The number of rotatable bonds is 3. The summed E-state index contributed by atoms with van der Waals surface area (Å²) < 4.78 is 25.6.